The molecule has 0 aliphatic heterocycles. The largest absolute Gasteiger partial charge is 0.481 e. The second kappa shape index (κ2) is 7.34. The average Bonchev–Trinajstić information content (AvgIpc) is 2.75. The lowest BCUT2D eigenvalue weighted by molar-refractivity contribution is -0.214. The van der Waals surface area contributed by atoms with Crippen LogP contribution in [-0.2, 0) is 4.79 Å². The van der Waals surface area contributed by atoms with Crippen molar-refractivity contribution in [3.05, 3.63) is 11.6 Å². The van der Waals surface area contributed by atoms with Gasteiger partial charge in [0.1, 0.15) is 0 Å². The third-order valence-electron chi connectivity index (χ3n) is 13.0. The third kappa shape index (κ3) is 2.88. The fourth-order valence-corrected chi connectivity index (χ4v) is 10.8. The summed E-state index contributed by atoms with van der Waals surface area (Å²) in [5.41, 5.74) is 0.446. The smallest absolute Gasteiger partial charge is 0.310 e. The summed E-state index contributed by atoms with van der Waals surface area (Å²) in [6.45, 7) is 14.2. The van der Waals surface area contributed by atoms with Crippen LogP contribution in [0.15, 0.2) is 11.6 Å². The number of aliphatic hydroxyl groups excluding tert-OH is 2. The molecule has 0 amide bonds. The molecular formula is C30H48O4. The fourth-order valence-electron chi connectivity index (χ4n) is 10.8. The van der Waals surface area contributed by atoms with Crippen molar-refractivity contribution >= 4 is 5.97 Å². The number of fused-ring (bicyclic) bond motifs is 7. The summed E-state index contributed by atoms with van der Waals surface area (Å²) in [5.74, 6) is 0.340. The first kappa shape index (κ1) is 24.8. The quantitative estimate of drug-likeness (QED) is 0.418. The van der Waals surface area contributed by atoms with Gasteiger partial charge in [-0.3, -0.25) is 4.79 Å². The summed E-state index contributed by atoms with van der Waals surface area (Å²) >= 11 is 0. The molecule has 4 fully saturated rings. The molecule has 3 N–H and O–H groups in total. The van der Waals surface area contributed by atoms with Gasteiger partial charge in [-0.2, -0.15) is 0 Å². The predicted octanol–water partition coefficient (Wildman–Crippen LogP) is 6.21. The van der Waals surface area contributed by atoms with Crippen molar-refractivity contribution < 1.29 is 20.1 Å². The monoisotopic (exact) mass is 472 g/mol. The molecule has 4 heteroatoms. The van der Waals surface area contributed by atoms with Crippen LogP contribution >= 0.6 is 0 Å². The van der Waals surface area contributed by atoms with Crippen molar-refractivity contribution in [2.75, 3.05) is 6.61 Å². The lowest BCUT2D eigenvalue weighted by Crippen LogP contribution is -2.66. The van der Waals surface area contributed by atoms with Crippen LogP contribution in [-0.4, -0.2) is 34.0 Å². The molecule has 5 rings (SSSR count). The highest BCUT2D eigenvalue weighted by Gasteiger charge is 2.70. The SMILES string of the molecule is CC1(C)CC[C@]2(C(=O)O)CC[C@]3(CO)C(=CC[C@@H]4[C@@]5(C)CC[C@H](O)C(C)(C)[C@@H]5CC[C@]43C)[C@@H]2C1. The van der Waals surface area contributed by atoms with Crippen molar-refractivity contribution in [1.29, 1.82) is 0 Å². The Kier molecular flexibility index (Phi) is 5.36. The van der Waals surface area contributed by atoms with E-state index in [-0.39, 0.29) is 45.7 Å². The molecule has 0 heterocycles. The van der Waals surface area contributed by atoms with E-state index in [9.17, 15) is 20.1 Å². The molecule has 4 saturated carbocycles. The first-order valence-corrected chi connectivity index (χ1v) is 13.9. The van der Waals surface area contributed by atoms with E-state index in [1.54, 1.807) is 0 Å². The zero-order valence-electron chi connectivity index (χ0n) is 22.4. The Morgan fingerprint density at radius 2 is 1.62 bits per heavy atom. The van der Waals surface area contributed by atoms with E-state index in [0.717, 1.165) is 57.8 Å². The van der Waals surface area contributed by atoms with E-state index in [1.165, 1.54) is 5.57 Å². The summed E-state index contributed by atoms with van der Waals surface area (Å²) in [7, 11) is 0. The predicted molar refractivity (Wildman–Crippen MR) is 134 cm³/mol. The van der Waals surface area contributed by atoms with Gasteiger partial charge in [-0.25, -0.2) is 0 Å². The molecule has 0 unspecified atom stereocenters. The Hall–Kier alpha value is -0.870. The molecular weight excluding hydrogens is 424 g/mol. The van der Waals surface area contributed by atoms with Gasteiger partial charge in [0.25, 0.3) is 0 Å². The maximum absolute atomic E-state index is 12.8. The van der Waals surface area contributed by atoms with E-state index in [4.69, 9.17) is 0 Å². The fraction of sp³-hybridized carbons (Fsp3) is 0.900. The number of aliphatic carboxylic acids is 1. The van der Waals surface area contributed by atoms with Gasteiger partial charge in [0.2, 0.25) is 0 Å². The summed E-state index contributed by atoms with van der Waals surface area (Å²) in [4.78, 5) is 12.8. The van der Waals surface area contributed by atoms with Crippen LogP contribution in [0.1, 0.15) is 106 Å². The molecule has 5 aliphatic carbocycles. The van der Waals surface area contributed by atoms with Crippen molar-refractivity contribution in [1.82, 2.24) is 0 Å². The van der Waals surface area contributed by atoms with E-state index in [2.05, 4.69) is 47.6 Å². The van der Waals surface area contributed by atoms with Crippen molar-refractivity contribution in [2.45, 2.75) is 112 Å². The Balaban J connectivity index is 1.63. The molecule has 0 aromatic carbocycles. The van der Waals surface area contributed by atoms with Gasteiger partial charge in [0.05, 0.1) is 18.1 Å². The second-order valence-electron chi connectivity index (χ2n) is 15.0. The molecule has 0 spiro atoms. The summed E-state index contributed by atoms with van der Waals surface area (Å²) in [6.07, 6.45) is 11.3. The lowest BCUT2D eigenvalue weighted by Gasteiger charge is -2.71. The number of carboxylic acid groups (broad SMARTS) is 1. The topological polar surface area (TPSA) is 77.8 Å². The summed E-state index contributed by atoms with van der Waals surface area (Å²) in [6, 6.07) is 0. The maximum Gasteiger partial charge on any atom is 0.310 e. The van der Waals surface area contributed by atoms with E-state index < -0.39 is 11.4 Å². The van der Waals surface area contributed by atoms with Gasteiger partial charge in [0.15, 0.2) is 0 Å². The van der Waals surface area contributed by atoms with E-state index in [0.29, 0.717) is 18.3 Å². The molecule has 0 bridgehead atoms. The van der Waals surface area contributed by atoms with Crippen LogP contribution in [0.3, 0.4) is 0 Å². The number of hydrogen-bond donors (Lipinski definition) is 3. The van der Waals surface area contributed by atoms with Gasteiger partial charge in [-0.05, 0) is 104 Å². The van der Waals surface area contributed by atoms with Crippen molar-refractivity contribution in [3.8, 4) is 0 Å². The first-order valence-electron chi connectivity index (χ1n) is 13.9. The summed E-state index contributed by atoms with van der Waals surface area (Å²) < 4.78 is 0. The molecule has 0 aromatic rings. The molecule has 8 atom stereocenters. The van der Waals surface area contributed by atoms with Crippen LogP contribution in [0.2, 0.25) is 0 Å². The zero-order valence-corrected chi connectivity index (χ0v) is 22.4. The van der Waals surface area contributed by atoms with Gasteiger partial charge in [-0.1, -0.05) is 53.2 Å². The second-order valence-corrected chi connectivity index (χ2v) is 15.0. The van der Waals surface area contributed by atoms with Crippen LogP contribution < -0.4 is 0 Å². The number of hydrogen-bond acceptors (Lipinski definition) is 3. The Bertz CT molecular complexity index is 903. The van der Waals surface area contributed by atoms with Crippen LogP contribution in [0.4, 0.5) is 0 Å². The Morgan fingerprint density at radius 1 is 0.941 bits per heavy atom. The maximum atomic E-state index is 12.8. The molecule has 4 nitrogen and oxygen atoms in total. The average molecular weight is 473 g/mol. The third-order valence-corrected chi connectivity index (χ3v) is 13.0. The van der Waals surface area contributed by atoms with Crippen LogP contribution in [0.5, 0.6) is 0 Å². The standard InChI is InChI=1S/C30H48O4/c1-25(2)13-14-29(24(33)34)15-16-30(18-31)19(20(29)17-25)7-8-22-27(5)11-10-23(32)26(3,4)21(27)9-12-28(22,30)6/h7,20-23,31-32H,8-18H2,1-6H3,(H,33,34)/t20-,21-,22+,23-,27-,28+,29-,30-/m0/s1. The highest BCUT2D eigenvalue weighted by Crippen LogP contribution is 2.75. The lowest BCUT2D eigenvalue weighted by atomic mass is 9.33. The van der Waals surface area contributed by atoms with Crippen LogP contribution in [0, 0.1) is 50.2 Å². The van der Waals surface area contributed by atoms with Gasteiger partial charge >= 0.3 is 5.97 Å². The van der Waals surface area contributed by atoms with E-state index in [1.807, 2.05) is 0 Å². The van der Waals surface area contributed by atoms with Gasteiger partial charge in [0, 0.05) is 5.41 Å². The minimum atomic E-state index is -0.665. The minimum absolute atomic E-state index is 0.0302. The highest BCUT2D eigenvalue weighted by atomic mass is 16.4. The summed E-state index contributed by atoms with van der Waals surface area (Å²) in [5, 5.41) is 32.6. The zero-order chi connectivity index (χ0) is 24.9. The number of allylic oxidation sites excluding steroid dienone is 1. The Morgan fingerprint density at radius 3 is 2.26 bits per heavy atom. The molecule has 5 aliphatic rings. The van der Waals surface area contributed by atoms with E-state index >= 15 is 0 Å². The first-order chi connectivity index (χ1) is 15.7. The van der Waals surface area contributed by atoms with Gasteiger partial charge in [-0.15, -0.1) is 0 Å². The van der Waals surface area contributed by atoms with Crippen molar-refractivity contribution in [3.63, 3.8) is 0 Å². The van der Waals surface area contributed by atoms with Crippen molar-refractivity contribution in [2.24, 2.45) is 50.2 Å². The number of carbonyl (C=O) groups is 1. The normalized spacial score (nSPS) is 51.2. The molecule has 0 aromatic heterocycles. The van der Waals surface area contributed by atoms with Gasteiger partial charge < -0.3 is 15.3 Å². The molecule has 0 radical (unpaired) electrons. The number of carboxylic acids is 1. The van der Waals surface area contributed by atoms with Crippen LogP contribution in [0.25, 0.3) is 0 Å². The highest BCUT2D eigenvalue weighted by molar-refractivity contribution is 5.76. The Labute approximate surface area is 206 Å². The number of rotatable bonds is 2. The molecule has 34 heavy (non-hydrogen) atoms. The molecule has 192 valence electrons. The number of aliphatic hydroxyl groups is 2. The molecule has 0 saturated heterocycles. The minimum Gasteiger partial charge on any atom is -0.481 e.